The van der Waals surface area contributed by atoms with Crippen molar-refractivity contribution < 1.29 is 32.2 Å². The summed E-state index contributed by atoms with van der Waals surface area (Å²) in [7, 11) is 1.47. The van der Waals surface area contributed by atoms with Crippen LogP contribution in [0.15, 0.2) is 36.4 Å². The van der Waals surface area contributed by atoms with Crippen LogP contribution in [0.2, 0.25) is 0 Å². The molecule has 150 valence electrons. The van der Waals surface area contributed by atoms with Crippen LogP contribution in [-0.2, 0) is 0 Å². The number of carbonyl (C=O) groups is 1. The summed E-state index contributed by atoms with van der Waals surface area (Å²) < 4.78 is 52.4. The van der Waals surface area contributed by atoms with Gasteiger partial charge < -0.3 is 19.1 Å². The topological polar surface area (TPSA) is 73.8 Å². The number of nitrogens with zero attached hydrogens (tertiary/aromatic N) is 3. The fraction of sp³-hybridized carbons (Fsp3) is 0.389. The molecule has 1 aliphatic heterocycles. The molecule has 7 nitrogen and oxygen atoms in total. The first kappa shape index (κ1) is 19.7. The van der Waals surface area contributed by atoms with Gasteiger partial charge >= 0.3 is 6.36 Å². The Hall–Kier alpha value is -3.04. The summed E-state index contributed by atoms with van der Waals surface area (Å²) in [5.41, 5.74) is -0.148. The molecule has 1 saturated heterocycles. The fourth-order valence-electron chi connectivity index (χ4n) is 2.90. The summed E-state index contributed by atoms with van der Waals surface area (Å²) >= 11 is 0. The molecule has 1 aromatic carbocycles. The molecule has 0 bridgehead atoms. The van der Waals surface area contributed by atoms with Gasteiger partial charge in [-0.05, 0) is 25.0 Å². The lowest BCUT2D eigenvalue weighted by atomic mass is 10.1. The molecular weight excluding hydrogens is 379 g/mol. The van der Waals surface area contributed by atoms with Gasteiger partial charge in [-0.15, -0.1) is 23.4 Å². The monoisotopic (exact) mass is 397 g/mol. The third-order valence-corrected chi connectivity index (χ3v) is 4.12. The van der Waals surface area contributed by atoms with Gasteiger partial charge in [0, 0.05) is 18.7 Å². The van der Waals surface area contributed by atoms with Gasteiger partial charge in [0.25, 0.3) is 5.91 Å². The van der Waals surface area contributed by atoms with Crippen molar-refractivity contribution in [3.63, 3.8) is 0 Å². The van der Waals surface area contributed by atoms with Crippen molar-refractivity contribution in [2.24, 2.45) is 0 Å². The number of para-hydroxylation sites is 1. The van der Waals surface area contributed by atoms with Crippen LogP contribution < -0.4 is 14.2 Å². The molecule has 0 saturated carbocycles. The summed E-state index contributed by atoms with van der Waals surface area (Å²) in [5, 5.41) is 7.69. The molecule has 2 aromatic rings. The second-order valence-corrected chi connectivity index (χ2v) is 6.09. The van der Waals surface area contributed by atoms with Gasteiger partial charge in [-0.25, -0.2) is 0 Å². The summed E-state index contributed by atoms with van der Waals surface area (Å²) in [5.74, 6) is -0.451. The third-order valence-electron chi connectivity index (χ3n) is 4.12. The van der Waals surface area contributed by atoms with Gasteiger partial charge in [-0.1, -0.05) is 12.1 Å². The molecule has 3 rings (SSSR count). The first-order valence-electron chi connectivity index (χ1n) is 8.54. The number of amides is 1. The number of hydrogen-bond acceptors (Lipinski definition) is 6. The Balaban J connectivity index is 1.69. The zero-order valence-corrected chi connectivity index (χ0v) is 15.0. The van der Waals surface area contributed by atoms with Gasteiger partial charge in [-0.3, -0.25) is 4.79 Å². The van der Waals surface area contributed by atoms with Crippen LogP contribution in [0.25, 0.3) is 0 Å². The van der Waals surface area contributed by atoms with E-state index in [0.29, 0.717) is 25.3 Å². The normalized spacial score (nSPS) is 17.1. The number of hydrogen-bond donors (Lipinski definition) is 0. The predicted octanol–water partition coefficient (Wildman–Crippen LogP) is 3.07. The Labute approximate surface area is 159 Å². The smallest absolute Gasteiger partial charge is 0.480 e. The van der Waals surface area contributed by atoms with Gasteiger partial charge in [0.05, 0.1) is 19.2 Å². The van der Waals surface area contributed by atoms with Crippen LogP contribution >= 0.6 is 0 Å². The highest BCUT2D eigenvalue weighted by molar-refractivity contribution is 5.97. The number of halogens is 3. The summed E-state index contributed by atoms with van der Waals surface area (Å²) in [6.07, 6.45) is -3.91. The molecular formula is C18H18F3N3O4. The second kappa shape index (κ2) is 8.32. The molecule has 1 aliphatic rings. The molecule has 2 heterocycles. The molecule has 1 aromatic heterocycles. The van der Waals surface area contributed by atoms with Gasteiger partial charge in [0.15, 0.2) is 0 Å². The van der Waals surface area contributed by atoms with Crippen molar-refractivity contribution in [3.8, 4) is 17.5 Å². The molecule has 0 radical (unpaired) electrons. The van der Waals surface area contributed by atoms with Crippen molar-refractivity contribution >= 4 is 5.91 Å². The number of aromatic nitrogens is 2. The van der Waals surface area contributed by atoms with E-state index in [1.54, 1.807) is 12.1 Å². The van der Waals surface area contributed by atoms with Crippen molar-refractivity contribution in [1.29, 1.82) is 0 Å². The Morgan fingerprint density at radius 2 is 1.86 bits per heavy atom. The average Bonchev–Trinajstić information content (AvgIpc) is 2.67. The fourth-order valence-corrected chi connectivity index (χ4v) is 2.90. The van der Waals surface area contributed by atoms with E-state index >= 15 is 0 Å². The summed E-state index contributed by atoms with van der Waals surface area (Å²) in [4.78, 5) is 14.2. The number of alkyl halides is 3. The molecule has 0 N–H and O–H groups in total. The average molecular weight is 397 g/mol. The number of methoxy groups -OCH3 is 1. The van der Waals surface area contributed by atoms with E-state index in [2.05, 4.69) is 14.9 Å². The second-order valence-electron chi connectivity index (χ2n) is 6.09. The highest BCUT2D eigenvalue weighted by Crippen LogP contribution is 2.28. The minimum Gasteiger partial charge on any atom is -0.480 e. The van der Waals surface area contributed by atoms with Crippen LogP contribution in [0.3, 0.4) is 0 Å². The van der Waals surface area contributed by atoms with E-state index in [-0.39, 0.29) is 24.1 Å². The maximum absolute atomic E-state index is 12.8. The van der Waals surface area contributed by atoms with Crippen molar-refractivity contribution in [1.82, 2.24) is 15.1 Å². The SMILES string of the molecule is COc1ccc(OC2CCCN(C(=O)c3ccccc3OC(F)(F)F)C2)nn1. The van der Waals surface area contributed by atoms with Crippen molar-refractivity contribution in [3.05, 3.63) is 42.0 Å². The quantitative estimate of drug-likeness (QED) is 0.772. The van der Waals surface area contributed by atoms with Crippen LogP contribution in [0.1, 0.15) is 23.2 Å². The Bertz CT molecular complexity index is 814. The van der Waals surface area contributed by atoms with E-state index < -0.39 is 18.0 Å². The molecule has 0 spiro atoms. The summed E-state index contributed by atoms with van der Waals surface area (Å²) in [6, 6.07) is 8.48. The largest absolute Gasteiger partial charge is 0.573 e. The standard InChI is InChI=1S/C18H18F3N3O4/c1-26-15-8-9-16(23-22-15)27-12-5-4-10-24(11-12)17(25)13-6-2-3-7-14(13)28-18(19,20)21/h2-3,6-9,12H,4-5,10-11H2,1H3. The van der Waals surface area contributed by atoms with E-state index in [1.165, 1.54) is 30.2 Å². The molecule has 1 unspecified atom stereocenters. The predicted molar refractivity (Wildman–Crippen MR) is 91.3 cm³/mol. The lowest BCUT2D eigenvalue weighted by Crippen LogP contribution is -2.44. The van der Waals surface area contributed by atoms with E-state index in [4.69, 9.17) is 9.47 Å². The first-order valence-corrected chi connectivity index (χ1v) is 8.54. The van der Waals surface area contributed by atoms with Crippen LogP contribution in [0.5, 0.6) is 17.5 Å². The van der Waals surface area contributed by atoms with E-state index in [0.717, 1.165) is 6.07 Å². The van der Waals surface area contributed by atoms with Crippen molar-refractivity contribution in [2.45, 2.75) is 25.3 Å². The number of carbonyl (C=O) groups excluding carboxylic acids is 1. The van der Waals surface area contributed by atoms with Gasteiger partial charge in [0.2, 0.25) is 11.8 Å². The van der Waals surface area contributed by atoms with Gasteiger partial charge in [-0.2, -0.15) is 0 Å². The van der Waals surface area contributed by atoms with E-state index in [1.807, 2.05) is 0 Å². The lowest BCUT2D eigenvalue weighted by Gasteiger charge is -2.33. The molecule has 1 fully saturated rings. The zero-order chi connectivity index (χ0) is 20.1. The molecule has 28 heavy (non-hydrogen) atoms. The Kier molecular flexibility index (Phi) is 5.86. The Morgan fingerprint density at radius 3 is 2.54 bits per heavy atom. The lowest BCUT2D eigenvalue weighted by molar-refractivity contribution is -0.274. The molecule has 0 aliphatic carbocycles. The van der Waals surface area contributed by atoms with Crippen LogP contribution in [-0.4, -0.2) is 53.7 Å². The van der Waals surface area contributed by atoms with Crippen LogP contribution in [0.4, 0.5) is 13.2 Å². The highest BCUT2D eigenvalue weighted by Gasteiger charge is 2.34. The minimum absolute atomic E-state index is 0.148. The number of likely N-dealkylation sites (tertiary alicyclic amines) is 1. The number of benzene rings is 1. The Morgan fingerprint density at radius 1 is 1.14 bits per heavy atom. The highest BCUT2D eigenvalue weighted by atomic mass is 19.4. The summed E-state index contributed by atoms with van der Waals surface area (Å²) in [6.45, 7) is 0.625. The first-order chi connectivity index (χ1) is 13.4. The maximum Gasteiger partial charge on any atom is 0.573 e. The minimum atomic E-state index is -4.88. The molecule has 1 amide bonds. The molecule has 10 heteroatoms. The zero-order valence-electron chi connectivity index (χ0n) is 15.0. The molecule has 1 atom stereocenters. The number of ether oxygens (including phenoxy) is 3. The van der Waals surface area contributed by atoms with Crippen molar-refractivity contribution in [2.75, 3.05) is 20.2 Å². The maximum atomic E-state index is 12.8. The van der Waals surface area contributed by atoms with Gasteiger partial charge in [0.1, 0.15) is 11.9 Å². The third kappa shape index (κ3) is 5.02. The number of rotatable bonds is 5. The van der Waals surface area contributed by atoms with E-state index in [9.17, 15) is 18.0 Å². The number of piperidine rings is 1. The van der Waals surface area contributed by atoms with Crippen LogP contribution in [0, 0.1) is 0 Å².